The number of nitrogens with zero attached hydrogens (tertiary/aromatic N) is 2. The molecule has 8 aromatic rings. The molecule has 7 aromatic carbocycles. The number of allylic oxidation sites excluding steroid dienone is 22. The lowest BCUT2D eigenvalue weighted by Crippen LogP contribution is -2.38. The van der Waals surface area contributed by atoms with E-state index in [0.29, 0.717) is 29.9 Å². The van der Waals surface area contributed by atoms with Crippen LogP contribution in [0.3, 0.4) is 0 Å². The predicted octanol–water partition coefficient (Wildman–Crippen LogP) is 23.7. The van der Waals surface area contributed by atoms with Crippen LogP contribution >= 0.6 is 0 Å². The lowest BCUT2D eigenvalue weighted by Gasteiger charge is -2.44. The summed E-state index contributed by atoms with van der Waals surface area (Å²) in [6.45, 7) is 7.89. The maximum Gasteiger partial charge on any atom is 0.137 e. The molecule has 0 radical (unpaired) electrons. The molecule has 9 aliphatic carbocycles. The van der Waals surface area contributed by atoms with Crippen molar-refractivity contribution in [2.45, 2.75) is 99.9 Å². The van der Waals surface area contributed by atoms with Gasteiger partial charge in [0.05, 0.1) is 5.41 Å². The highest BCUT2D eigenvalue weighted by molar-refractivity contribution is 6.07. The van der Waals surface area contributed by atoms with Crippen LogP contribution in [0.1, 0.15) is 92.9 Å². The summed E-state index contributed by atoms with van der Waals surface area (Å²) in [4.78, 5) is 4.45. The number of fused-ring (bicyclic) bond motifs is 7. The van der Waals surface area contributed by atoms with E-state index in [2.05, 4.69) is 163 Å². The smallest absolute Gasteiger partial charge is 0.137 e. The second-order valence-electron chi connectivity index (χ2n) is 27.3. The van der Waals surface area contributed by atoms with E-state index in [1.54, 1.807) is 24.3 Å². The zero-order valence-electron chi connectivity index (χ0n) is 55.0. The van der Waals surface area contributed by atoms with Gasteiger partial charge in [-0.3, -0.25) is 0 Å². The molecule has 490 valence electrons. The van der Waals surface area contributed by atoms with Gasteiger partial charge in [0.1, 0.15) is 58.5 Å². The lowest BCUT2D eigenvalue weighted by atomic mass is 9.59. The Morgan fingerprint density at radius 3 is 1.84 bits per heavy atom. The first-order valence-corrected chi connectivity index (χ1v) is 34.9. The molecule has 0 bridgehead atoms. The number of halogens is 4. The average Bonchev–Trinajstić information content (AvgIpc) is 1.56. The molecule has 0 saturated heterocycles. The van der Waals surface area contributed by atoms with Gasteiger partial charge in [0.25, 0.3) is 0 Å². The van der Waals surface area contributed by atoms with E-state index in [0.717, 1.165) is 152 Å². The van der Waals surface area contributed by atoms with Crippen molar-refractivity contribution in [3.8, 4) is 16.9 Å². The van der Waals surface area contributed by atoms with Crippen LogP contribution in [0.5, 0.6) is 5.75 Å². The summed E-state index contributed by atoms with van der Waals surface area (Å²) < 4.78 is 81.0. The van der Waals surface area contributed by atoms with E-state index in [4.69, 9.17) is 13.9 Å². The highest BCUT2D eigenvalue weighted by atomic mass is 19.1. The number of hydrogen-bond acceptors (Lipinski definition) is 5. The molecule has 7 unspecified atom stereocenters. The van der Waals surface area contributed by atoms with Crippen molar-refractivity contribution < 1.29 is 31.5 Å². The second-order valence-corrected chi connectivity index (χ2v) is 27.3. The molecular weight excluding hydrogens is 1230 g/mol. The summed E-state index contributed by atoms with van der Waals surface area (Å²) in [6, 6.07) is 49.8. The monoisotopic (exact) mass is 1310 g/mol. The van der Waals surface area contributed by atoms with Crippen LogP contribution in [0, 0.1) is 23.5 Å². The van der Waals surface area contributed by atoms with Crippen LogP contribution in [0.15, 0.2) is 329 Å². The summed E-state index contributed by atoms with van der Waals surface area (Å²) in [5.74, 6) is 2.10. The molecule has 17 rings (SSSR count). The van der Waals surface area contributed by atoms with Crippen LogP contribution in [0.2, 0.25) is 0 Å². The van der Waals surface area contributed by atoms with E-state index >= 15 is 17.6 Å². The SMILES string of the molecule is C=Cc1ccc(OC2C=CC(C3(C4=CCC(F)C=C4)c4ccccc4-c4ccc(N(C5=CCC(F)C=C5)c5ccc6c(c5)oc5cc(N(C7=CC8=C(CC7)C7=C(CCCC7)C8(c7ccc(F)cc7)C7C=CC(OC8=CCC(C=C)C=C8)=CC7)c7ccc(F)cc7)ccc56)cc43)=CC2)cc1. The van der Waals surface area contributed by atoms with Gasteiger partial charge < -0.3 is 23.7 Å². The normalized spacial score (nSPS) is 24.3. The number of benzene rings is 7. The van der Waals surface area contributed by atoms with Gasteiger partial charge in [0.15, 0.2) is 0 Å². The molecular formula is C90H74F4N2O3. The third-order valence-electron chi connectivity index (χ3n) is 21.8. The van der Waals surface area contributed by atoms with E-state index < -0.39 is 23.2 Å². The van der Waals surface area contributed by atoms with E-state index in [1.807, 2.05) is 85.0 Å². The van der Waals surface area contributed by atoms with Crippen molar-refractivity contribution >= 4 is 50.8 Å². The molecule has 9 heteroatoms. The summed E-state index contributed by atoms with van der Waals surface area (Å²) in [6.07, 6.45) is 42.8. The Labute approximate surface area is 575 Å². The molecule has 0 N–H and O–H groups in total. The molecule has 0 amide bonds. The molecule has 0 aliphatic heterocycles. The number of hydrogen-bond donors (Lipinski definition) is 0. The summed E-state index contributed by atoms with van der Waals surface area (Å²) in [5, 5.41) is 1.86. The van der Waals surface area contributed by atoms with E-state index in [1.165, 1.54) is 34.4 Å². The first-order valence-electron chi connectivity index (χ1n) is 34.9. The predicted molar refractivity (Wildman–Crippen MR) is 393 cm³/mol. The molecule has 7 atom stereocenters. The van der Waals surface area contributed by atoms with Crippen LogP contribution in [-0.4, -0.2) is 18.4 Å². The van der Waals surface area contributed by atoms with Crippen molar-refractivity contribution in [1.29, 1.82) is 0 Å². The Kier molecular flexibility index (Phi) is 15.8. The van der Waals surface area contributed by atoms with Crippen molar-refractivity contribution in [1.82, 2.24) is 0 Å². The average molecular weight is 1310 g/mol. The van der Waals surface area contributed by atoms with Gasteiger partial charge in [0, 0.05) is 81.7 Å². The zero-order chi connectivity index (χ0) is 66.9. The molecule has 9 aliphatic rings. The molecule has 99 heavy (non-hydrogen) atoms. The van der Waals surface area contributed by atoms with Crippen LogP contribution in [0.25, 0.3) is 39.1 Å². The number of rotatable bonds is 16. The molecule has 1 heterocycles. The highest BCUT2D eigenvalue weighted by Gasteiger charge is 2.53. The minimum absolute atomic E-state index is 0.00343. The maximum absolute atomic E-state index is 15.3. The Morgan fingerprint density at radius 2 is 1.17 bits per heavy atom. The number of alkyl halides is 2. The van der Waals surface area contributed by atoms with Crippen LogP contribution < -0.4 is 14.5 Å². The number of ether oxygens (including phenoxy) is 2. The van der Waals surface area contributed by atoms with Gasteiger partial charge in [-0.2, -0.15) is 0 Å². The molecule has 5 nitrogen and oxygen atoms in total. The standard InChI is InChI=1S/C90H74F4N2O3/c1-3-57-13-41-73(42-14-57)97-75-45-21-61(22-46-75)89(59-17-25-63(91)26-18-59)83-11-7-5-9-77(83)79-49-37-69(53-85(79)89)95(67-33-29-65(93)30-34-67)71-39-51-81-82-52-40-72(56-88(82)99-87(81)55-71)96(68-35-31-66(94)32-36-68)70-38-50-80-78-10-6-8-12-84(78)90(86(80)54-70,60-19-27-64(92)28-20-60)62-23-47-76(48-24-62)98-74-43-15-58(4-2)16-44-74/h3-5,7,9,11,13-15,17-23,25,27-29,31-37,39-45,47-49,51-56,58,62-63,65,75H,1-2,6,8,10,12,16,24,26,30,38,46,50H2. The molecule has 0 fully saturated rings. The fourth-order valence-corrected chi connectivity index (χ4v) is 17.3. The highest BCUT2D eigenvalue weighted by Crippen LogP contribution is 2.63. The molecule has 0 saturated carbocycles. The van der Waals surface area contributed by atoms with Gasteiger partial charge >= 0.3 is 0 Å². The Bertz CT molecular complexity index is 5080. The fourth-order valence-electron chi connectivity index (χ4n) is 17.3. The molecule has 0 spiro atoms. The largest absolute Gasteiger partial charge is 0.486 e. The summed E-state index contributed by atoms with van der Waals surface area (Å²) >= 11 is 0. The van der Waals surface area contributed by atoms with Crippen LogP contribution in [0.4, 0.5) is 40.3 Å². The van der Waals surface area contributed by atoms with Gasteiger partial charge in [0.2, 0.25) is 0 Å². The fraction of sp³-hybridized carbons (Fsp3) is 0.200. The van der Waals surface area contributed by atoms with Crippen molar-refractivity contribution in [3.63, 3.8) is 0 Å². The van der Waals surface area contributed by atoms with Gasteiger partial charge in [-0.25, -0.2) is 17.6 Å². The van der Waals surface area contributed by atoms with Crippen molar-refractivity contribution in [2.75, 3.05) is 9.80 Å². The number of furan rings is 1. The topological polar surface area (TPSA) is 38.1 Å². The van der Waals surface area contributed by atoms with Gasteiger partial charge in [-0.15, -0.1) is 6.58 Å². The molecule has 1 aromatic heterocycles. The second kappa shape index (κ2) is 25.3. The van der Waals surface area contributed by atoms with Crippen LogP contribution in [-0.2, 0) is 15.6 Å². The Balaban J connectivity index is 0.754. The zero-order valence-corrected chi connectivity index (χ0v) is 55.0. The Hall–Kier alpha value is -10.6. The quantitative estimate of drug-likeness (QED) is 0.0712. The summed E-state index contributed by atoms with van der Waals surface area (Å²) in [7, 11) is 0. The van der Waals surface area contributed by atoms with Crippen molar-refractivity contribution in [3.05, 3.63) is 358 Å². The first-order chi connectivity index (χ1) is 48.5. The minimum atomic E-state index is -1.12. The third kappa shape index (κ3) is 10.7. The lowest BCUT2D eigenvalue weighted by molar-refractivity contribution is 0.250. The third-order valence-corrected chi connectivity index (χ3v) is 21.8. The first kappa shape index (κ1) is 61.9. The summed E-state index contributed by atoms with van der Waals surface area (Å²) in [5.41, 5.74) is 19.2. The van der Waals surface area contributed by atoms with Gasteiger partial charge in [-0.1, -0.05) is 128 Å². The van der Waals surface area contributed by atoms with E-state index in [9.17, 15) is 0 Å². The van der Waals surface area contributed by atoms with Gasteiger partial charge in [-0.05, 0) is 258 Å². The number of anilines is 4. The van der Waals surface area contributed by atoms with E-state index in [-0.39, 0.29) is 36.5 Å². The minimum Gasteiger partial charge on any atom is -0.486 e. The Morgan fingerprint density at radius 1 is 0.525 bits per heavy atom. The van der Waals surface area contributed by atoms with Crippen molar-refractivity contribution in [2.24, 2.45) is 11.8 Å². The maximum atomic E-state index is 15.3.